The van der Waals surface area contributed by atoms with Crippen LogP contribution in [0.4, 0.5) is 0 Å². The van der Waals surface area contributed by atoms with Gasteiger partial charge in [0, 0.05) is 17.0 Å². The van der Waals surface area contributed by atoms with E-state index in [0.717, 1.165) is 21.5 Å². The Balaban J connectivity index is 2.51. The Morgan fingerprint density at radius 2 is 2.24 bits per heavy atom. The Hall–Kier alpha value is -1.62. The van der Waals surface area contributed by atoms with Crippen LogP contribution in [0.5, 0.6) is 5.75 Å². The van der Waals surface area contributed by atoms with E-state index in [-0.39, 0.29) is 5.78 Å². The predicted octanol–water partition coefficient (Wildman–Crippen LogP) is 3.05. The van der Waals surface area contributed by atoms with E-state index in [1.165, 1.54) is 6.92 Å². The van der Waals surface area contributed by atoms with Crippen molar-refractivity contribution >= 4 is 21.7 Å². The minimum absolute atomic E-state index is 0.0924. The first-order valence-corrected chi connectivity index (χ1v) is 5.81. The zero-order chi connectivity index (χ0) is 12.4. The molecule has 1 aromatic heterocycles. The van der Waals surface area contributed by atoms with Crippen LogP contribution in [0.15, 0.2) is 28.9 Å². The number of halogens is 1. The molecular weight excluding hydrogens is 284 g/mol. The van der Waals surface area contributed by atoms with E-state index in [1.54, 1.807) is 13.3 Å². The maximum absolute atomic E-state index is 11.2. The first-order chi connectivity index (χ1) is 8.11. The predicted molar refractivity (Wildman–Crippen MR) is 68.3 cm³/mol. The van der Waals surface area contributed by atoms with E-state index in [9.17, 15) is 4.79 Å². The third kappa shape index (κ3) is 2.39. The number of rotatable bonds is 3. The summed E-state index contributed by atoms with van der Waals surface area (Å²) in [4.78, 5) is 18.2. The molecule has 0 amide bonds. The number of imidazole rings is 1. The van der Waals surface area contributed by atoms with Gasteiger partial charge in [0.25, 0.3) is 0 Å². The summed E-state index contributed by atoms with van der Waals surface area (Å²) in [6.07, 6.45) is 1.63. The van der Waals surface area contributed by atoms with Crippen LogP contribution in [0.1, 0.15) is 17.5 Å². The van der Waals surface area contributed by atoms with Crippen LogP contribution < -0.4 is 4.74 Å². The number of benzene rings is 1. The molecule has 0 fully saturated rings. The maximum Gasteiger partial charge on any atom is 0.194 e. The molecule has 4 nitrogen and oxygen atoms in total. The van der Waals surface area contributed by atoms with Crippen LogP contribution in [0, 0.1) is 0 Å². The van der Waals surface area contributed by atoms with Crippen molar-refractivity contribution in [3.63, 3.8) is 0 Å². The monoisotopic (exact) mass is 294 g/mol. The van der Waals surface area contributed by atoms with Crippen molar-refractivity contribution in [1.82, 2.24) is 9.97 Å². The lowest BCUT2D eigenvalue weighted by atomic mass is 10.1. The second kappa shape index (κ2) is 4.71. The molecular formula is C12H11BrN2O2. The zero-order valence-electron chi connectivity index (χ0n) is 9.45. The lowest BCUT2D eigenvalue weighted by molar-refractivity contribution is 0.100. The van der Waals surface area contributed by atoms with Crippen LogP contribution in [-0.2, 0) is 0 Å². The molecule has 88 valence electrons. The van der Waals surface area contributed by atoms with Crippen molar-refractivity contribution in [2.45, 2.75) is 6.92 Å². The Kier molecular flexibility index (Phi) is 3.28. The Morgan fingerprint density at radius 1 is 1.47 bits per heavy atom. The van der Waals surface area contributed by atoms with Crippen molar-refractivity contribution in [2.24, 2.45) is 0 Å². The number of aromatic amines is 1. The molecule has 0 atom stereocenters. The van der Waals surface area contributed by atoms with Crippen molar-refractivity contribution in [3.8, 4) is 17.0 Å². The van der Waals surface area contributed by atoms with Gasteiger partial charge in [0.05, 0.1) is 19.0 Å². The number of nitrogens with one attached hydrogen (secondary N) is 1. The molecule has 5 heteroatoms. The van der Waals surface area contributed by atoms with Crippen LogP contribution >= 0.6 is 15.9 Å². The number of H-pyrrole nitrogens is 1. The van der Waals surface area contributed by atoms with Gasteiger partial charge in [0.1, 0.15) is 5.75 Å². The molecule has 0 saturated carbocycles. The normalized spacial score (nSPS) is 10.3. The highest BCUT2D eigenvalue weighted by Crippen LogP contribution is 2.31. The number of hydrogen-bond donors (Lipinski definition) is 1. The fourth-order valence-corrected chi connectivity index (χ4v) is 1.89. The van der Waals surface area contributed by atoms with E-state index < -0.39 is 0 Å². The molecule has 0 aliphatic carbocycles. The number of carbonyl (C=O) groups is 1. The second-order valence-corrected chi connectivity index (χ2v) is 4.46. The molecule has 0 radical (unpaired) electrons. The second-order valence-electron chi connectivity index (χ2n) is 3.55. The lowest BCUT2D eigenvalue weighted by Gasteiger charge is -2.06. The summed E-state index contributed by atoms with van der Waals surface area (Å²) in [6.45, 7) is 1.47. The first-order valence-electron chi connectivity index (χ1n) is 5.01. The van der Waals surface area contributed by atoms with Gasteiger partial charge in [-0.15, -0.1) is 0 Å². The number of Topliss-reactive ketones (excluding diaryl/α,β-unsaturated/α-hetero) is 1. The van der Waals surface area contributed by atoms with Crippen LogP contribution in [0.25, 0.3) is 11.3 Å². The maximum atomic E-state index is 11.2. The summed E-state index contributed by atoms with van der Waals surface area (Å²) < 4.78 is 6.21. The molecule has 2 aromatic rings. The van der Waals surface area contributed by atoms with Crippen molar-refractivity contribution in [2.75, 3.05) is 7.11 Å². The molecule has 0 spiro atoms. The highest BCUT2D eigenvalue weighted by molar-refractivity contribution is 9.10. The SMILES string of the molecule is COc1ccc(Br)cc1-c1cnc(C(C)=O)[nH]1. The molecule has 1 heterocycles. The van der Waals surface area contributed by atoms with Gasteiger partial charge >= 0.3 is 0 Å². The molecule has 2 rings (SSSR count). The third-order valence-electron chi connectivity index (χ3n) is 2.36. The average molecular weight is 295 g/mol. The summed E-state index contributed by atoms with van der Waals surface area (Å²) in [5, 5.41) is 0. The van der Waals surface area contributed by atoms with Gasteiger partial charge in [-0.3, -0.25) is 4.79 Å². The highest BCUT2D eigenvalue weighted by Gasteiger charge is 2.11. The molecule has 17 heavy (non-hydrogen) atoms. The van der Waals surface area contributed by atoms with E-state index >= 15 is 0 Å². The summed E-state index contributed by atoms with van der Waals surface area (Å²) in [5.74, 6) is 0.985. The number of ketones is 1. The minimum Gasteiger partial charge on any atom is -0.496 e. The van der Waals surface area contributed by atoms with Crippen molar-refractivity contribution in [3.05, 3.63) is 34.7 Å². The van der Waals surface area contributed by atoms with Gasteiger partial charge in [-0.1, -0.05) is 15.9 Å². The fraction of sp³-hybridized carbons (Fsp3) is 0.167. The van der Waals surface area contributed by atoms with Gasteiger partial charge in [-0.05, 0) is 18.2 Å². The molecule has 0 aliphatic rings. The van der Waals surface area contributed by atoms with Crippen molar-refractivity contribution in [1.29, 1.82) is 0 Å². The molecule has 1 N–H and O–H groups in total. The average Bonchev–Trinajstić information content (AvgIpc) is 2.78. The summed E-state index contributed by atoms with van der Waals surface area (Å²) >= 11 is 3.40. The van der Waals surface area contributed by atoms with Crippen LogP contribution in [-0.4, -0.2) is 22.9 Å². The number of nitrogens with zero attached hydrogens (tertiary/aromatic N) is 1. The van der Waals surface area contributed by atoms with Gasteiger partial charge in [-0.2, -0.15) is 0 Å². The zero-order valence-corrected chi connectivity index (χ0v) is 11.0. The number of methoxy groups -OCH3 is 1. The van der Waals surface area contributed by atoms with Crippen LogP contribution in [0.3, 0.4) is 0 Å². The molecule has 1 aromatic carbocycles. The molecule has 0 aliphatic heterocycles. The Labute approximate surface area is 107 Å². The largest absolute Gasteiger partial charge is 0.496 e. The summed E-state index contributed by atoms with van der Waals surface area (Å²) in [6, 6.07) is 5.66. The summed E-state index contributed by atoms with van der Waals surface area (Å²) in [7, 11) is 1.61. The highest BCUT2D eigenvalue weighted by atomic mass is 79.9. The topological polar surface area (TPSA) is 55.0 Å². The smallest absolute Gasteiger partial charge is 0.194 e. The number of carbonyl (C=O) groups excluding carboxylic acids is 1. The van der Waals surface area contributed by atoms with Gasteiger partial charge < -0.3 is 9.72 Å². The van der Waals surface area contributed by atoms with Gasteiger partial charge in [0.2, 0.25) is 0 Å². The van der Waals surface area contributed by atoms with E-state index in [2.05, 4.69) is 25.9 Å². The lowest BCUT2D eigenvalue weighted by Crippen LogP contribution is -1.94. The van der Waals surface area contributed by atoms with E-state index in [0.29, 0.717) is 5.82 Å². The Bertz CT molecular complexity index is 563. The number of aromatic nitrogens is 2. The number of ether oxygens (including phenoxy) is 1. The summed E-state index contributed by atoms with van der Waals surface area (Å²) in [5.41, 5.74) is 1.62. The van der Waals surface area contributed by atoms with Gasteiger partial charge in [0.15, 0.2) is 11.6 Å². The molecule has 0 bridgehead atoms. The standard InChI is InChI=1S/C12H11BrN2O2/c1-7(16)12-14-6-10(15-12)9-5-8(13)3-4-11(9)17-2/h3-6H,1-2H3,(H,14,15). The quantitative estimate of drug-likeness (QED) is 0.885. The molecule has 0 unspecified atom stereocenters. The van der Waals surface area contributed by atoms with Crippen LogP contribution in [0.2, 0.25) is 0 Å². The molecule has 0 saturated heterocycles. The van der Waals surface area contributed by atoms with Crippen molar-refractivity contribution < 1.29 is 9.53 Å². The van der Waals surface area contributed by atoms with E-state index in [1.807, 2.05) is 18.2 Å². The Morgan fingerprint density at radius 3 is 2.82 bits per heavy atom. The minimum atomic E-state index is -0.0924. The third-order valence-corrected chi connectivity index (χ3v) is 2.85. The number of hydrogen-bond acceptors (Lipinski definition) is 3. The fourth-order valence-electron chi connectivity index (χ4n) is 1.53. The van der Waals surface area contributed by atoms with E-state index in [4.69, 9.17) is 4.74 Å². The first kappa shape index (κ1) is 11.9. The van der Waals surface area contributed by atoms with Gasteiger partial charge in [-0.25, -0.2) is 4.98 Å².